The minimum Gasteiger partial charge on any atom is -0.392 e. The predicted molar refractivity (Wildman–Crippen MR) is 101 cm³/mol. The van der Waals surface area contributed by atoms with Gasteiger partial charge in [0.15, 0.2) is 0 Å². The van der Waals surface area contributed by atoms with Gasteiger partial charge in [0.25, 0.3) is 0 Å². The Labute approximate surface area is 159 Å². The van der Waals surface area contributed by atoms with E-state index < -0.39 is 6.10 Å². The van der Waals surface area contributed by atoms with E-state index in [-0.39, 0.29) is 11.8 Å². The van der Waals surface area contributed by atoms with Crippen LogP contribution in [0.15, 0.2) is 28.8 Å². The molecule has 1 N–H and O–H groups in total. The number of aryl methyl sites for hydroxylation is 2. The molecule has 27 heavy (non-hydrogen) atoms. The van der Waals surface area contributed by atoms with Crippen LogP contribution in [0.25, 0.3) is 0 Å². The Morgan fingerprint density at radius 1 is 1.26 bits per heavy atom. The number of aliphatic hydroxyl groups is 1. The third kappa shape index (κ3) is 3.64. The number of hydrogen-bond donors (Lipinski definition) is 1. The standard InChI is InChI=1S/C21H27N3O3/c1-14-18(15(2)27-22-14)12-23-9-8-20(25)19(13-23)21(26)24-10-7-16-5-3-4-6-17(16)11-24/h3-6,19-20,25H,7-13H2,1-2H3/t19-,20+/m0/s1. The van der Waals surface area contributed by atoms with Crippen LogP contribution in [0.4, 0.5) is 0 Å². The van der Waals surface area contributed by atoms with Crippen molar-refractivity contribution >= 4 is 5.91 Å². The van der Waals surface area contributed by atoms with Crippen molar-refractivity contribution in [3.8, 4) is 0 Å². The molecular weight excluding hydrogens is 342 g/mol. The first-order valence-electron chi connectivity index (χ1n) is 9.70. The number of carbonyl (C=O) groups excluding carboxylic acids is 1. The van der Waals surface area contributed by atoms with Crippen molar-refractivity contribution in [2.24, 2.45) is 5.92 Å². The SMILES string of the molecule is Cc1noc(C)c1CN1CC[C@@H](O)[C@@H](C(=O)N2CCc3ccccc3C2)C1. The Hall–Kier alpha value is -2.18. The van der Waals surface area contributed by atoms with Gasteiger partial charge in [0.1, 0.15) is 5.76 Å². The first kappa shape index (κ1) is 18.2. The van der Waals surface area contributed by atoms with Crippen LogP contribution >= 0.6 is 0 Å². The highest BCUT2D eigenvalue weighted by atomic mass is 16.5. The van der Waals surface area contributed by atoms with Crippen molar-refractivity contribution in [3.63, 3.8) is 0 Å². The number of aliphatic hydroxyl groups excluding tert-OH is 1. The van der Waals surface area contributed by atoms with E-state index in [2.05, 4.69) is 22.2 Å². The molecule has 0 unspecified atom stereocenters. The van der Waals surface area contributed by atoms with Crippen molar-refractivity contribution < 1.29 is 14.4 Å². The van der Waals surface area contributed by atoms with Crippen LogP contribution in [0.2, 0.25) is 0 Å². The largest absolute Gasteiger partial charge is 0.392 e. The van der Waals surface area contributed by atoms with Gasteiger partial charge < -0.3 is 14.5 Å². The molecule has 6 heteroatoms. The summed E-state index contributed by atoms with van der Waals surface area (Å²) < 4.78 is 5.26. The molecule has 1 saturated heterocycles. The molecule has 0 spiro atoms. The number of aromatic nitrogens is 1. The van der Waals surface area contributed by atoms with Crippen LogP contribution in [0, 0.1) is 19.8 Å². The summed E-state index contributed by atoms with van der Waals surface area (Å²) >= 11 is 0. The number of rotatable bonds is 3. The van der Waals surface area contributed by atoms with Gasteiger partial charge in [-0.15, -0.1) is 0 Å². The van der Waals surface area contributed by atoms with Crippen LogP contribution in [-0.2, 0) is 24.3 Å². The first-order chi connectivity index (χ1) is 13.0. The summed E-state index contributed by atoms with van der Waals surface area (Å²) in [6.07, 6.45) is 0.924. The minimum absolute atomic E-state index is 0.0699. The zero-order valence-corrected chi connectivity index (χ0v) is 16.0. The molecule has 0 bridgehead atoms. The number of nitrogens with zero attached hydrogens (tertiary/aromatic N) is 3. The maximum Gasteiger partial charge on any atom is 0.229 e. The minimum atomic E-state index is -0.574. The van der Waals surface area contributed by atoms with Crippen molar-refractivity contribution in [2.45, 2.75) is 45.9 Å². The van der Waals surface area contributed by atoms with Crippen molar-refractivity contribution in [3.05, 3.63) is 52.4 Å². The second kappa shape index (κ2) is 7.44. The average Bonchev–Trinajstić information content (AvgIpc) is 3.00. The van der Waals surface area contributed by atoms with E-state index in [0.29, 0.717) is 26.1 Å². The molecule has 144 valence electrons. The highest BCUT2D eigenvalue weighted by Crippen LogP contribution is 2.26. The summed E-state index contributed by atoms with van der Waals surface area (Å²) in [6.45, 7) is 7.28. The summed E-state index contributed by atoms with van der Waals surface area (Å²) in [5, 5.41) is 14.5. The fraction of sp³-hybridized carbons (Fsp3) is 0.524. The highest BCUT2D eigenvalue weighted by molar-refractivity contribution is 5.80. The van der Waals surface area contributed by atoms with E-state index in [1.807, 2.05) is 30.9 Å². The molecule has 4 rings (SSSR count). The molecule has 0 radical (unpaired) electrons. The topological polar surface area (TPSA) is 69.8 Å². The molecule has 0 saturated carbocycles. The zero-order valence-electron chi connectivity index (χ0n) is 16.0. The van der Waals surface area contributed by atoms with E-state index in [1.165, 1.54) is 11.1 Å². The second-order valence-corrected chi connectivity index (χ2v) is 7.78. The molecule has 2 aliphatic heterocycles. The van der Waals surface area contributed by atoms with Gasteiger partial charge in [-0.05, 0) is 37.8 Å². The number of benzene rings is 1. The van der Waals surface area contributed by atoms with Crippen LogP contribution in [0.3, 0.4) is 0 Å². The zero-order chi connectivity index (χ0) is 19.0. The molecule has 2 aliphatic rings. The van der Waals surface area contributed by atoms with Crippen LogP contribution in [-0.4, -0.2) is 51.7 Å². The van der Waals surface area contributed by atoms with Gasteiger partial charge in [-0.2, -0.15) is 0 Å². The average molecular weight is 369 g/mol. The number of amides is 1. The summed E-state index contributed by atoms with van der Waals surface area (Å²) in [6, 6.07) is 8.30. The molecule has 2 aromatic rings. The lowest BCUT2D eigenvalue weighted by atomic mass is 9.91. The molecule has 1 aromatic heterocycles. The Morgan fingerprint density at radius 2 is 2.04 bits per heavy atom. The molecule has 1 amide bonds. The van der Waals surface area contributed by atoms with E-state index in [1.54, 1.807) is 0 Å². The first-order valence-corrected chi connectivity index (χ1v) is 9.70. The van der Waals surface area contributed by atoms with Crippen molar-refractivity contribution in [2.75, 3.05) is 19.6 Å². The van der Waals surface area contributed by atoms with Crippen molar-refractivity contribution in [1.29, 1.82) is 0 Å². The number of likely N-dealkylation sites (tertiary alicyclic amines) is 1. The summed E-state index contributed by atoms with van der Waals surface area (Å²) in [5.74, 6) is 0.527. The number of fused-ring (bicyclic) bond motifs is 1. The quantitative estimate of drug-likeness (QED) is 0.897. The van der Waals surface area contributed by atoms with Crippen LogP contribution < -0.4 is 0 Å². The van der Waals surface area contributed by atoms with Gasteiger partial charge >= 0.3 is 0 Å². The third-order valence-corrected chi connectivity index (χ3v) is 5.98. The van der Waals surface area contributed by atoms with E-state index in [9.17, 15) is 9.90 Å². The van der Waals surface area contributed by atoms with Gasteiger partial charge in [-0.3, -0.25) is 9.69 Å². The van der Waals surface area contributed by atoms with E-state index >= 15 is 0 Å². The second-order valence-electron chi connectivity index (χ2n) is 7.78. The molecule has 1 aromatic carbocycles. The predicted octanol–water partition coefficient (Wildman–Crippen LogP) is 2.06. The summed E-state index contributed by atoms with van der Waals surface area (Å²) in [5.41, 5.74) is 4.53. The van der Waals surface area contributed by atoms with Gasteiger partial charge in [0.05, 0.1) is 17.7 Å². The van der Waals surface area contributed by atoms with Gasteiger partial charge in [-0.25, -0.2) is 0 Å². The monoisotopic (exact) mass is 369 g/mol. The van der Waals surface area contributed by atoms with Crippen LogP contribution in [0.1, 0.15) is 34.6 Å². The number of carbonyl (C=O) groups is 1. The number of piperidine rings is 1. The normalized spacial score (nSPS) is 23.3. The fourth-order valence-electron chi connectivity index (χ4n) is 4.26. The van der Waals surface area contributed by atoms with Gasteiger partial charge in [0.2, 0.25) is 5.91 Å². The maximum absolute atomic E-state index is 13.2. The van der Waals surface area contributed by atoms with Gasteiger partial charge in [-0.1, -0.05) is 29.4 Å². The third-order valence-electron chi connectivity index (χ3n) is 5.98. The number of hydrogen-bond acceptors (Lipinski definition) is 5. The molecule has 0 aliphatic carbocycles. The molecule has 1 fully saturated rings. The van der Waals surface area contributed by atoms with Gasteiger partial charge in [0, 0.05) is 38.3 Å². The lowest BCUT2D eigenvalue weighted by Gasteiger charge is -2.39. The lowest BCUT2D eigenvalue weighted by molar-refractivity contribution is -0.143. The molecular formula is C21H27N3O3. The smallest absolute Gasteiger partial charge is 0.229 e. The van der Waals surface area contributed by atoms with E-state index in [4.69, 9.17) is 4.52 Å². The summed E-state index contributed by atoms with van der Waals surface area (Å²) in [7, 11) is 0. The Bertz CT molecular complexity index is 812. The van der Waals surface area contributed by atoms with Crippen molar-refractivity contribution in [1.82, 2.24) is 15.0 Å². The Morgan fingerprint density at radius 3 is 2.78 bits per heavy atom. The Kier molecular flexibility index (Phi) is 5.02. The highest BCUT2D eigenvalue weighted by Gasteiger charge is 2.36. The van der Waals surface area contributed by atoms with Crippen LogP contribution in [0.5, 0.6) is 0 Å². The lowest BCUT2D eigenvalue weighted by Crippen LogP contribution is -2.51. The fourth-order valence-corrected chi connectivity index (χ4v) is 4.26. The molecule has 6 nitrogen and oxygen atoms in total. The van der Waals surface area contributed by atoms with E-state index in [0.717, 1.165) is 36.5 Å². The summed E-state index contributed by atoms with van der Waals surface area (Å²) in [4.78, 5) is 17.3. The maximum atomic E-state index is 13.2. The Balaban J connectivity index is 1.45. The molecule has 2 atom stereocenters. The molecule has 3 heterocycles.